The molecule has 0 fully saturated rings. The maximum Gasteiger partial charge on any atom is 0.471 e. The summed E-state index contributed by atoms with van der Waals surface area (Å²) in [6.07, 6.45) is 1.19. The SMILES string of the molecule is C=C[C@@H](/C=C/CCC)N(C(=O)C(F)(F)F)c1ccc(OC)cc1. The maximum atomic E-state index is 12.9. The van der Waals surface area contributed by atoms with Crippen LogP contribution in [-0.2, 0) is 4.79 Å². The number of methoxy groups -OCH3 is 1. The molecule has 0 aliphatic rings. The van der Waals surface area contributed by atoms with Gasteiger partial charge in [0.1, 0.15) is 5.75 Å². The van der Waals surface area contributed by atoms with Crippen LogP contribution < -0.4 is 9.64 Å². The Hall–Kier alpha value is -2.24. The van der Waals surface area contributed by atoms with Crippen LogP contribution in [0.5, 0.6) is 5.75 Å². The van der Waals surface area contributed by atoms with Gasteiger partial charge in [-0.2, -0.15) is 13.2 Å². The van der Waals surface area contributed by atoms with Crippen molar-refractivity contribution in [1.82, 2.24) is 0 Å². The van der Waals surface area contributed by atoms with Crippen LogP contribution in [0.15, 0.2) is 49.1 Å². The van der Waals surface area contributed by atoms with E-state index in [2.05, 4.69) is 6.58 Å². The van der Waals surface area contributed by atoms with Gasteiger partial charge in [0.25, 0.3) is 0 Å². The highest BCUT2D eigenvalue weighted by molar-refractivity contribution is 5.98. The Morgan fingerprint density at radius 2 is 1.96 bits per heavy atom. The molecule has 3 nitrogen and oxygen atoms in total. The number of unbranched alkanes of at least 4 members (excludes halogenated alkanes) is 1. The number of rotatable bonds is 7. The number of carbonyl (C=O) groups is 1. The van der Waals surface area contributed by atoms with Crippen LogP contribution in [0.4, 0.5) is 18.9 Å². The van der Waals surface area contributed by atoms with Gasteiger partial charge in [-0.1, -0.05) is 31.6 Å². The number of anilines is 1. The Morgan fingerprint density at radius 1 is 1.35 bits per heavy atom. The lowest BCUT2D eigenvalue weighted by Crippen LogP contribution is -2.46. The molecule has 0 radical (unpaired) electrons. The van der Waals surface area contributed by atoms with Crippen molar-refractivity contribution in [2.45, 2.75) is 32.0 Å². The Balaban J connectivity index is 3.23. The molecule has 0 bridgehead atoms. The van der Waals surface area contributed by atoms with Crippen LogP contribution in [-0.4, -0.2) is 25.2 Å². The summed E-state index contributed by atoms with van der Waals surface area (Å²) in [5, 5.41) is 0. The van der Waals surface area contributed by atoms with Gasteiger partial charge >= 0.3 is 12.1 Å². The minimum Gasteiger partial charge on any atom is -0.497 e. The highest BCUT2D eigenvalue weighted by atomic mass is 19.4. The van der Waals surface area contributed by atoms with Gasteiger partial charge in [-0.15, -0.1) is 6.58 Å². The average molecular weight is 327 g/mol. The minimum absolute atomic E-state index is 0.124. The molecular formula is C17H20F3NO2. The molecular weight excluding hydrogens is 307 g/mol. The third-order valence-electron chi connectivity index (χ3n) is 3.14. The summed E-state index contributed by atoms with van der Waals surface area (Å²) in [4.78, 5) is 12.5. The quantitative estimate of drug-likeness (QED) is 0.690. The molecule has 0 unspecified atom stereocenters. The molecule has 0 saturated carbocycles. The smallest absolute Gasteiger partial charge is 0.471 e. The number of benzene rings is 1. The zero-order valence-electron chi connectivity index (χ0n) is 13.1. The first kappa shape index (κ1) is 18.8. The normalized spacial score (nSPS) is 12.9. The number of hydrogen-bond acceptors (Lipinski definition) is 2. The monoisotopic (exact) mass is 327 g/mol. The van der Waals surface area contributed by atoms with Crippen molar-refractivity contribution in [2.24, 2.45) is 0 Å². The van der Waals surface area contributed by atoms with Crippen molar-refractivity contribution >= 4 is 11.6 Å². The molecule has 6 heteroatoms. The van der Waals surface area contributed by atoms with E-state index in [9.17, 15) is 18.0 Å². The minimum atomic E-state index is -4.97. The average Bonchev–Trinajstić information content (AvgIpc) is 2.53. The van der Waals surface area contributed by atoms with Crippen molar-refractivity contribution in [3.05, 3.63) is 49.1 Å². The molecule has 1 aromatic carbocycles. The number of halogens is 3. The van der Waals surface area contributed by atoms with Gasteiger partial charge < -0.3 is 4.74 Å². The number of allylic oxidation sites excluding steroid dienone is 1. The van der Waals surface area contributed by atoms with E-state index in [4.69, 9.17) is 4.74 Å². The summed E-state index contributed by atoms with van der Waals surface area (Å²) in [5.74, 6) is -1.45. The molecule has 0 N–H and O–H groups in total. The Morgan fingerprint density at radius 3 is 2.39 bits per heavy atom. The van der Waals surface area contributed by atoms with E-state index in [-0.39, 0.29) is 5.69 Å². The second-order valence-corrected chi connectivity index (χ2v) is 4.81. The summed E-state index contributed by atoms with van der Waals surface area (Å²) in [5.41, 5.74) is 0.124. The Kier molecular flexibility index (Phi) is 6.88. The Bertz CT molecular complexity index is 550. The third kappa shape index (κ3) is 5.16. The predicted octanol–water partition coefficient (Wildman–Crippen LogP) is 4.50. The fraction of sp³-hybridized carbons (Fsp3) is 0.353. The van der Waals surface area contributed by atoms with Crippen LogP contribution >= 0.6 is 0 Å². The molecule has 0 saturated heterocycles. The second-order valence-electron chi connectivity index (χ2n) is 4.81. The number of carbonyl (C=O) groups excluding carboxylic acids is 1. The lowest BCUT2D eigenvalue weighted by Gasteiger charge is -2.28. The summed E-state index contributed by atoms with van der Waals surface area (Å²) >= 11 is 0. The van der Waals surface area contributed by atoms with Gasteiger partial charge in [-0.05, 0) is 30.7 Å². The van der Waals surface area contributed by atoms with Gasteiger partial charge in [0.2, 0.25) is 0 Å². The molecule has 1 aromatic rings. The topological polar surface area (TPSA) is 29.5 Å². The molecule has 0 aliphatic heterocycles. The molecule has 0 spiro atoms. The summed E-state index contributed by atoms with van der Waals surface area (Å²) in [6, 6.07) is 4.94. The zero-order chi connectivity index (χ0) is 17.5. The third-order valence-corrected chi connectivity index (χ3v) is 3.14. The fourth-order valence-electron chi connectivity index (χ4n) is 1.98. The first-order valence-corrected chi connectivity index (χ1v) is 7.18. The molecule has 1 rings (SSSR count). The second kappa shape index (κ2) is 8.41. The summed E-state index contributed by atoms with van der Waals surface area (Å²) < 4.78 is 43.8. The molecule has 0 heterocycles. The van der Waals surface area contributed by atoms with Crippen LogP contribution in [0.1, 0.15) is 19.8 Å². The van der Waals surface area contributed by atoms with Crippen LogP contribution in [0.25, 0.3) is 0 Å². The molecule has 0 aliphatic carbocycles. The predicted molar refractivity (Wildman–Crippen MR) is 84.6 cm³/mol. The van der Waals surface area contributed by atoms with Gasteiger partial charge in [-0.3, -0.25) is 9.69 Å². The van der Waals surface area contributed by atoms with E-state index in [0.29, 0.717) is 17.1 Å². The van der Waals surface area contributed by atoms with Crippen LogP contribution in [0.2, 0.25) is 0 Å². The maximum absolute atomic E-state index is 12.9. The lowest BCUT2D eigenvalue weighted by atomic mass is 10.1. The molecule has 1 atom stereocenters. The van der Waals surface area contributed by atoms with E-state index < -0.39 is 18.1 Å². The van der Waals surface area contributed by atoms with Crippen molar-refractivity contribution in [1.29, 1.82) is 0 Å². The molecule has 23 heavy (non-hydrogen) atoms. The van der Waals surface area contributed by atoms with Gasteiger partial charge in [0, 0.05) is 5.69 Å². The Labute approximate surface area is 134 Å². The van der Waals surface area contributed by atoms with E-state index in [1.807, 2.05) is 6.92 Å². The molecule has 1 amide bonds. The van der Waals surface area contributed by atoms with Gasteiger partial charge in [-0.25, -0.2) is 0 Å². The van der Waals surface area contributed by atoms with Crippen LogP contribution in [0, 0.1) is 0 Å². The summed E-state index contributed by atoms with van der Waals surface area (Å²) in [6.45, 7) is 5.50. The number of alkyl halides is 3. The van der Waals surface area contributed by atoms with Gasteiger partial charge in [0.05, 0.1) is 13.2 Å². The number of nitrogens with zero attached hydrogens (tertiary/aromatic N) is 1. The van der Waals surface area contributed by atoms with Crippen molar-refractivity contribution in [3.63, 3.8) is 0 Å². The van der Waals surface area contributed by atoms with Crippen molar-refractivity contribution in [2.75, 3.05) is 12.0 Å². The van der Waals surface area contributed by atoms with Crippen molar-refractivity contribution in [3.8, 4) is 5.75 Å². The lowest BCUT2D eigenvalue weighted by molar-refractivity contribution is -0.170. The first-order valence-electron chi connectivity index (χ1n) is 7.18. The number of amides is 1. The molecule has 0 aromatic heterocycles. The molecule has 126 valence electrons. The van der Waals surface area contributed by atoms with Gasteiger partial charge in [0.15, 0.2) is 0 Å². The highest BCUT2D eigenvalue weighted by Crippen LogP contribution is 2.28. The van der Waals surface area contributed by atoms with E-state index in [1.54, 1.807) is 12.2 Å². The highest BCUT2D eigenvalue weighted by Gasteiger charge is 2.44. The first-order chi connectivity index (χ1) is 10.8. The van der Waals surface area contributed by atoms with E-state index in [1.165, 1.54) is 37.5 Å². The van der Waals surface area contributed by atoms with Crippen molar-refractivity contribution < 1.29 is 22.7 Å². The largest absolute Gasteiger partial charge is 0.497 e. The zero-order valence-corrected chi connectivity index (χ0v) is 13.1. The van der Waals surface area contributed by atoms with E-state index in [0.717, 1.165) is 6.42 Å². The standard InChI is InChI=1S/C17H20F3NO2/c1-4-6-7-8-13(5-2)21(16(22)17(18,19)20)14-9-11-15(23-3)12-10-14/h5,7-13H,2,4,6H2,1,3H3/b8-7+/t13-/m0/s1. The number of hydrogen-bond donors (Lipinski definition) is 0. The number of ether oxygens (including phenoxy) is 1. The van der Waals surface area contributed by atoms with E-state index >= 15 is 0 Å². The van der Waals surface area contributed by atoms with Crippen LogP contribution in [0.3, 0.4) is 0 Å². The fourth-order valence-corrected chi connectivity index (χ4v) is 1.98. The summed E-state index contributed by atoms with van der Waals surface area (Å²) in [7, 11) is 1.45.